The van der Waals surface area contributed by atoms with Crippen LogP contribution in [0.3, 0.4) is 0 Å². The van der Waals surface area contributed by atoms with E-state index in [1.807, 2.05) is 0 Å². The van der Waals surface area contributed by atoms with E-state index in [1.165, 1.54) is 32.1 Å². The van der Waals surface area contributed by atoms with E-state index in [0.717, 1.165) is 44.7 Å². The van der Waals surface area contributed by atoms with Gasteiger partial charge in [-0.1, -0.05) is 0 Å². The van der Waals surface area contributed by atoms with Crippen molar-refractivity contribution in [2.75, 3.05) is 38.2 Å². The van der Waals surface area contributed by atoms with E-state index in [0.29, 0.717) is 6.04 Å². The number of hydrogen-bond acceptors (Lipinski definition) is 6. The zero-order valence-corrected chi connectivity index (χ0v) is 13.9. The van der Waals surface area contributed by atoms with E-state index in [-0.39, 0.29) is 11.3 Å². The molecule has 1 atom stereocenters. The summed E-state index contributed by atoms with van der Waals surface area (Å²) in [6.45, 7) is 3.99. The molecule has 130 valence electrons. The van der Waals surface area contributed by atoms with Crippen LogP contribution in [-0.2, 0) is 4.74 Å². The molecule has 2 saturated heterocycles. The molecule has 2 aliphatic heterocycles. The second kappa shape index (κ2) is 7.17. The minimum Gasteiger partial charge on any atom is -0.465 e. The fourth-order valence-corrected chi connectivity index (χ4v) is 3.77. The van der Waals surface area contributed by atoms with Crippen LogP contribution in [0, 0.1) is 10.1 Å². The highest BCUT2D eigenvalue weighted by Gasteiger charge is 2.29. The largest absolute Gasteiger partial charge is 0.465 e. The number of likely N-dealkylation sites (tertiary alicyclic amines) is 1. The van der Waals surface area contributed by atoms with Gasteiger partial charge in [-0.05, 0) is 44.8 Å². The van der Waals surface area contributed by atoms with Gasteiger partial charge in [0.15, 0.2) is 0 Å². The van der Waals surface area contributed by atoms with Crippen molar-refractivity contribution in [3.63, 3.8) is 0 Å². The molecular weight excluding hydrogens is 310 g/mol. The molecule has 7 nitrogen and oxygen atoms in total. The van der Waals surface area contributed by atoms with Crippen LogP contribution in [-0.4, -0.2) is 55.1 Å². The molecule has 0 radical (unpaired) electrons. The predicted octanol–water partition coefficient (Wildman–Crippen LogP) is 2.45. The topological polar surface area (TPSA) is 75.9 Å². The lowest BCUT2D eigenvalue weighted by Crippen LogP contribution is -2.47. The maximum Gasteiger partial charge on any atom is 0.340 e. The van der Waals surface area contributed by atoms with Crippen LogP contribution in [0.25, 0.3) is 0 Å². The zero-order chi connectivity index (χ0) is 17.1. The number of nitro benzene ring substituents is 1. The number of nitro groups is 1. The lowest BCUT2D eigenvalue weighted by Gasteiger charge is -2.39. The summed E-state index contributed by atoms with van der Waals surface area (Å²) in [5.74, 6) is -0.531. The molecule has 2 fully saturated rings. The molecule has 0 bridgehead atoms. The fraction of sp³-hybridized carbons (Fsp3) is 0.588. The first kappa shape index (κ1) is 16.7. The second-order valence-electron chi connectivity index (χ2n) is 6.44. The van der Waals surface area contributed by atoms with Gasteiger partial charge in [0.2, 0.25) is 0 Å². The number of non-ortho nitro benzene ring substituents is 1. The Hall–Kier alpha value is -2.15. The molecule has 1 aromatic rings. The summed E-state index contributed by atoms with van der Waals surface area (Å²) in [5, 5.41) is 11.0. The Morgan fingerprint density at radius 3 is 2.67 bits per heavy atom. The molecule has 3 rings (SSSR count). The zero-order valence-electron chi connectivity index (χ0n) is 13.9. The van der Waals surface area contributed by atoms with Gasteiger partial charge < -0.3 is 9.64 Å². The van der Waals surface area contributed by atoms with Crippen molar-refractivity contribution in [1.29, 1.82) is 0 Å². The van der Waals surface area contributed by atoms with E-state index < -0.39 is 10.9 Å². The first-order chi connectivity index (χ1) is 11.6. The quantitative estimate of drug-likeness (QED) is 0.478. The molecular formula is C17H23N3O4. The van der Waals surface area contributed by atoms with Crippen molar-refractivity contribution in [3.8, 4) is 0 Å². The SMILES string of the molecule is COC(=O)c1cc([N+](=O)[O-])ccc1N1CCC[C@@H](N2CCCC2)C1. The van der Waals surface area contributed by atoms with Crippen LogP contribution >= 0.6 is 0 Å². The highest BCUT2D eigenvalue weighted by molar-refractivity contribution is 5.96. The molecule has 1 aromatic carbocycles. The molecule has 0 unspecified atom stereocenters. The average Bonchev–Trinajstić information content (AvgIpc) is 3.15. The number of carbonyl (C=O) groups excluding carboxylic acids is 1. The summed E-state index contributed by atoms with van der Waals surface area (Å²) < 4.78 is 4.83. The summed E-state index contributed by atoms with van der Waals surface area (Å²) in [7, 11) is 1.30. The van der Waals surface area contributed by atoms with Crippen molar-refractivity contribution >= 4 is 17.3 Å². The van der Waals surface area contributed by atoms with E-state index >= 15 is 0 Å². The normalized spacial score (nSPS) is 21.7. The molecule has 0 amide bonds. The summed E-state index contributed by atoms with van der Waals surface area (Å²) in [6, 6.07) is 4.94. The van der Waals surface area contributed by atoms with Gasteiger partial charge in [0, 0.05) is 31.3 Å². The van der Waals surface area contributed by atoms with Gasteiger partial charge in [-0.3, -0.25) is 15.0 Å². The van der Waals surface area contributed by atoms with Crippen LogP contribution in [0.2, 0.25) is 0 Å². The summed E-state index contributed by atoms with van der Waals surface area (Å²) in [6.07, 6.45) is 4.72. The Bertz CT molecular complexity index is 628. The van der Waals surface area contributed by atoms with Crippen LogP contribution < -0.4 is 4.90 Å². The first-order valence-corrected chi connectivity index (χ1v) is 8.46. The Morgan fingerprint density at radius 1 is 1.25 bits per heavy atom. The van der Waals surface area contributed by atoms with Gasteiger partial charge in [-0.25, -0.2) is 4.79 Å². The van der Waals surface area contributed by atoms with Crippen molar-refractivity contribution < 1.29 is 14.5 Å². The number of rotatable bonds is 4. The van der Waals surface area contributed by atoms with Crippen molar-refractivity contribution in [2.45, 2.75) is 31.7 Å². The Kier molecular flexibility index (Phi) is 4.99. The van der Waals surface area contributed by atoms with Crippen LogP contribution in [0.15, 0.2) is 18.2 Å². The Morgan fingerprint density at radius 2 is 2.00 bits per heavy atom. The third kappa shape index (κ3) is 3.36. The molecule has 2 heterocycles. The monoisotopic (exact) mass is 333 g/mol. The summed E-state index contributed by atoms with van der Waals surface area (Å²) >= 11 is 0. The molecule has 0 N–H and O–H groups in total. The second-order valence-corrected chi connectivity index (χ2v) is 6.44. The summed E-state index contributed by atoms with van der Waals surface area (Å²) in [4.78, 5) is 27.3. The molecule has 0 aliphatic carbocycles. The van der Waals surface area contributed by atoms with Gasteiger partial charge in [0.25, 0.3) is 5.69 Å². The lowest BCUT2D eigenvalue weighted by molar-refractivity contribution is -0.384. The number of methoxy groups -OCH3 is 1. The minimum absolute atomic E-state index is 0.0905. The van der Waals surface area contributed by atoms with E-state index in [2.05, 4.69) is 9.80 Å². The van der Waals surface area contributed by atoms with Crippen molar-refractivity contribution in [2.24, 2.45) is 0 Å². The highest BCUT2D eigenvalue weighted by atomic mass is 16.6. The number of anilines is 1. The molecule has 0 saturated carbocycles. The van der Waals surface area contributed by atoms with Gasteiger partial charge >= 0.3 is 5.97 Å². The van der Waals surface area contributed by atoms with Gasteiger partial charge in [0.05, 0.1) is 23.3 Å². The van der Waals surface area contributed by atoms with E-state index in [4.69, 9.17) is 4.74 Å². The number of esters is 1. The van der Waals surface area contributed by atoms with Crippen molar-refractivity contribution in [1.82, 2.24) is 4.90 Å². The molecule has 7 heteroatoms. The van der Waals surface area contributed by atoms with Crippen molar-refractivity contribution in [3.05, 3.63) is 33.9 Å². The Balaban J connectivity index is 1.86. The third-order valence-corrected chi connectivity index (χ3v) is 4.99. The van der Waals surface area contributed by atoms with Gasteiger partial charge in [0.1, 0.15) is 0 Å². The van der Waals surface area contributed by atoms with E-state index in [9.17, 15) is 14.9 Å². The predicted molar refractivity (Wildman–Crippen MR) is 90.5 cm³/mol. The highest BCUT2D eigenvalue weighted by Crippen LogP contribution is 2.30. The average molecular weight is 333 g/mol. The number of carbonyl (C=O) groups is 1. The Labute approximate surface area is 141 Å². The van der Waals surface area contributed by atoms with Crippen LogP contribution in [0.5, 0.6) is 0 Å². The molecule has 0 aromatic heterocycles. The maximum atomic E-state index is 12.1. The smallest absolute Gasteiger partial charge is 0.340 e. The van der Waals surface area contributed by atoms with Crippen LogP contribution in [0.4, 0.5) is 11.4 Å². The standard InChI is InChI=1S/C17H23N3O4/c1-24-17(21)15-11-13(20(22)23)6-7-16(15)19-10-4-5-14(12-19)18-8-2-3-9-18/h6-7,11,14H,2-5,8-10,12H2,1H3/t14-/m1/s1. The maximum absolute atomic E-state index is 12.1. The summed E-state index contributed by atoms with van der Waals surface area (Å²) in [5.41, 5.74) is 0.914. The number of nitrogens with zero attached hydrogens (tertiary/aromatic N) is 3. The lowest BCUT2D eigenvalue weighted by atomic mass is 10.0. The molecule has 0 spiro atoms. The number of benzene rings is 1. The molecule has 24 heavy (non-hydrogen) atoms. The fourth-order valence-electron chi connectivity index (χ4n) is 3.77. The number of hydrogen-bond donors (Lipinski definition) is 0. The number of ether oxygens (including phenoxy) is 1. The van der Waals surface area contributed by atoms with E-state index in [1.54, 1.807) is 6.07 Å². The molecule has 2 aliphatic rings. The third-order valence-electron chi connectivity index (χ3n) is 4.99. The minimum atomic E-state index is -0.531. The number of piperidine rings is 1. The first-order valence-electron chi connectivity index (χ1n) is 8.46. The van der Waals surface area contributed by atoms with Gasteiger partial charge in [-0.2, -0.15) is 0 Å². The van der Waals surface area contributed by atoms with Crippen LogP contribution in [0.1, 0.15) is 36.0 Å². The van der Waals surface area contributed by atoms with Gasteiger partial charge in [-0.15, -0.1) is 0 Å².